The van der Waals surface area contributed by atoms with Crippen molar-refractivity contribution >= 4 is 15.7 Å². The summed E-state index contributed by atoms with van der Waals surface area (Å²) in [5, 5.41) is 0. The van der Waals surface area contributed by atoms with Crippen LogP contribution in [0.5, 0.6) is 0 Å². The predicted octanol–water partition coefficient (Wildman–Crippen LogP) is 1.62. The van der Waals surface area contributed by atoms with E-state index in [9.17, 15) is 17.2 Å². The van der Waals surface area contributed by atoms with Gasteiger partial charge in [0.1, 0.15) is 16.5 Å². The highest BCUT2D eigenvalue weighted by Gasteiger charge is 2.20. The minimum Gasteiger partial charge on any atom is -0.325 e. The van der Waals surface area contributed by atoms with Crippen molar-refractivity contribution in [3.05, 3.63) is 53.9 Å². The molecule has 0 amide bonds. The average molecular weight is 299 g/mol. The smallest absolute Gasteiger partial charge is 0.263 e. The first kappa shape index (κ1) is 14.4. The molecule has 0 aliphatic rings. The van der Waals surface area contributed by atoms with Crippen LogP contribution in [-0.2, 0) is 16.6 Å². The van der Waals surface area contributed by atoms with Crippen LogP contribution in [0, 0.1) is 11.6 Å². The van der Waals surface area contributed by atoms with Crippen LogP contribution < -0.4 is 10.5 Å². The second kappa shape index (κ2) is 5.51. The number of anilines is 1. The quantitative estimate of drug-likeness (QED) is 0.898. The van der Waals surface area contributed by atoms with E-state index in [1.807, 2.05) is 4.72 Å². The Morgan fingerprint density at radius 1 is 1.25 bits per heavy atom. The van der Waals surface area contributed by atoms with Crippen LogP contribution >= 0.6 is 0 Å². The zero-order valence-corrected chi connectivity index (χ0v) is 11.0. The van der Waals surface area contributed by atoms with Gasteiger partial charge in [-0.05, 0) is 24.3 Å². The largest absolute Gasteiger partial charge is 0.325 e. The maximum atomic E-state index is 13.5. The van der Waals surface area contributed by atoms with Crippen LogP contribution in [0.15, 0.2) is 41.4 Å². The minimum atomic E-state index is -4.05. The lowest BCUT2D eigenvalue weighted by Crippen LogP contribution is -2.18. The third-order valence-corrected chi connectivity index (χ3v) is 3.95. The first-order chi connectivity index (χ1) is 9.44. The Kier molecular flexibility index (Phi) is 3.96. The summed E-state index contributed by atoms with van der Waals surface area (Å²) in [6.07, 6.45) is 1.40. The second-order valence-electron chi connectivity index (χ2n) is 3.88. The van der Waals surface area contributed by atoms with Crippen molar-refractivity contribution in [1.82, 2.24) is 4.98 Å². The van der Waals surface area contributed by atoms with Gasteiger partial charge in [-0.25, -0.2) is 17.2 Å². The molecule has 0 aliphatic carbocycles. The third-order valence-electron chi connectivity index (χ3n) is 2.51. The van der Waals surface area contributed by atoms with E-state index >= 15 is 0 Å². The molecule has 5 nitrogen and oxygen atoms in total. The third kappa shape index (κ3) is 2.91. The van der Waals surface area contributed by atoms with Gasteiger partial charge in [0.05, 0.1) is 11.4 Å². The number of nitrogens with zero attached hydrogens (tertiary/aromatic N) is 1. The molecular formula is C12H11F2N3O2S. The average Bonchev–Trinajstić information content (AvgIpc) is 2.42. The fourth-order valence-corrected chi connectivity index (χ4v) is 2.86. The number of benzene rings is 1. The van der Waals surface area contributed by atoms with Crippen LogP contribution in [0.2, 0.25) is 0 Å². The summed E-state index contributed by atoms with van der Waals surface area (Å²) < 4.78 is 52.6. The molecule has 106 valence electrons. The zero-order valence-electron chi connectivity index (χ0n) is 10.2. The highest BCUT2D eigenvalue weighted by molar-refractivity contribution is 7.92. The Hall–Kier alpha value is -2.06. The Morgan fingerprint density at radius 2 is 2.00 bits per heavy atom. The molecule has 0 saturated carbocycles. The first-order valence-electron chi connectivity index (χ1n) is 5.56. The van der Waals surface area contributed by atoms with E-state index < -0.39 is 21.7 Å². The van der Waals surface area contributed by atoms with Crippen molar-refractivity contribution < 1.29 is 17.2 Å². The maximum Gasteiger partial charge on any atom is 0.263 e. The molecule has 8 heteroatoms. The summed E-state index contributed by atoms with van der Waals surface area (Å²) in [7, 11) is -4.05. The van der Waals surface area contributed by atoms with E-state index in [2.05, 4.69) is 4.98 Å². The highest BCUT2D eigenvalue weighted by atomic mass is 32.2. The highest BCUT2D eigenvalue weighted by Crippen LogP contribution is 2.21. The number of nitrogens with two attached hydrogens (primary N) is 1. The van der Waals surface area contributed by atoms with Gasteiger partial charge in [0.25, 0.3) is 10.0 Å². The standard InChI is InChI=1S/C12H11F2N3O2S/c13-8-3-4-10(9(14)6-8)17-20(18,19)12-2-1-5-16-11(12)7-15/h1-6,17H,7,15H2. The molecule has 1 heterocycles. The molecule has 20 heavy (non-hydrogen) atoms. The molecule has 1 aromatic carbocycles. The summed E-state index contributed by atoms with van der Waals surface area (Å²) in [6.45, 7) is -0.0804. The molecule has 0 unspecified atom stereocenters. The van der Waals surface area contributed by atoms with E-state index in [-0.39, 0.29) is 22.8 Å². The normalized spacial score (nSPS) is 11.3. The monoisotopic (exact) mass is 299 g/mol. The van der Waals surface area contributed by atoms with E-state index in [0.29, 0.717) is 6.07 Å². The Labute approximate surface area is 114 Å². The molecule has 2 rings (SSSR count). The number of aromatic nitrogens is 1. The van der Waals surface area contributed by atoms with Gasteiger partial charge in [-0.15, -0.1) is 0 Å². The number of hydrogen-bond donors (Lipinski definition) is 2. The predicted molar refractivity (Wildman–Crippen MR) is 69.3 cm³/mol. The minimum absolute atomic E-state index is 0.0804. The molecule has 0 fully saturated rings. The SMILES string of the molecule is NCc1ncccc1S(=O)(=O)Nc1ccc(F)cc1F. The second-order valence-corrected chi connectivity index (χ2v) is 5.53. The molecule has 0 radical (unpaired) electrons. The van der Waals surface area contributed by atoms with Crippen LogP contribution in [0.4, 0.5) is 14.5 Å². The Morgan fingerprint density at radius 3 is 2.65 bits per heavy atom. The number of pyridine rings is 1. The molecule has 1 aromatic heterocycles. The topological polar surface area (TPSA) is 85.1 Å². The van der Waals surface area contributed by atoms with E-state index in [1.165, 1.54) is 18.3 Å². The van der Waals surface area contributed by atoms with Crippen molar-refractivity contribution in [2.75, 3.05) is 4.72 Å². The molecule has 0 bridgehead atoms. The van der Waals surface area contributed by atoms with Crippen molar-refractivity contribution in [3.8, 4) is 0 Å². The van der Waals surface area contributed by atoms with Gasteiger partial charge in [0.15, 0.2) is 0 Å². The summed E-state index contributed by atoms with van der Waals surface area (Å²) in [4.78, 5) is 3.70. The van der Waals surface area contributed by atoms with Crippen LogP contribution in [-0.4, -0.2) is 13.4 Å². The number of halogens is 2. The summed E-state index contributed by atoms with van der Waals surface area (Å²) in [5.41, 5.74) is 5.22. The number of sulfonamides is 1. The Balaban J connectivity index is 2.41. The Bertz CT molecular complexity index is 735. The molecule has 2 aromatic rings. The first-order valence-corrected chi connectivity index (χ1v) is 7.04. The van der Waals surface area contributed by atoms with E-state index in [1.54, 1.807) is 0 Å². The van der Waals surface area contributed by atoms with Crippen molar-refractivity contribution in [3.63, 3.8) is 0 Å². The number of nitrogens with one attached hydrogen (secondary N) is 1. The molecule has 0 saturated heterocycles. The molecule has 0 spiro atoms. The fraction of sp³-hybridized carbons (Fsp3) is 0.0833. The van der Waals surface area contributed by atoms with Crippen molar-refractivity contribution in [2.24, 2.45) is 5.73 Å². The van der Waals surface area contributed by atoms with Gasteiger partial charge in [-0.1, -0.05) is 0 Å². The lowest BCUT2D eigenvalue weighted by molar-refractivity contribution is 0.582. The summed E-state index contributed by atoms with van der Waals surface area (Å²) >= 11 is 0. The van der Waals surface area contributed by atoms with Gasteiger partial charge in [0.2, 0.25) is 0 Å². The van der Waals surface area contributed by atoms with Crippen LogP contribution in [0.3, 0.4) is 0 Å². The zero-order chi connectivity index (χ0) is 14.8. The van der Waals surface area contributed by atoms with Gasteiger partial charge in [-0.3, -0.25) is 9.71 Å². The summed E-state index contributed by atoms with van der Waals surface area (Å²) in [6, 6.07) is 5.27. The molecule has 3 N–H and O–H groups in total. The van der Waals surface area contributed by atoms with E-state index in [0.717, 1.165) is 12.1 Å². The number of hydrogen-bond acceptors (Lipinski definition) is 4. The summed E-state index contributed by atoms with van der Waals surface area (Å²) in [5.74, 6) is -1.80. The van der Waals surface area contributed by atoms with Gasteiger partial charge < -0.3 is 5.73 Å². The molecular weight excluding hydrogens is 288 g/mol. The maximum absolute atomic E-state index is 13.5. The lowest BCUT2D eigenvalue weighted by Gasteiger charge is -2.11. The molecule has 0 aliphatic heterocycles. The number of rotatable bonds is 4. The van der Waals surface area contributed by atoms with Crippen molar-refractivity contribution in [1.29, 1.82) is 0 Å². The van der Waals surface area contributed by atoms with Crippen LogP contribution in [0.25, 0.3) is 0 Å². The van der Waals surface area contributed by atoms with E-state index in [4.69, 9.17) is 5.73 Å². The van der Waals surface area contributed by atoms with Crippen LogP contribution in [0.1, 0.15) is 5.69 Å². The fourth-order valence-electron chi connectivity index (χ4n) is 1.59. The van der Waals surface area contributed by atoms with Gasteiger partial charge in [0, 0.05) is 18.8 Å². The van der Waals surface area contributed by atoms with Gasteiger partial charge >= 0.3 is 0 Å². The van der Waals surface area contributed by atoms with Gasteiger partial charge in [-0.2, -0.15) is 0 Å². The lowest BCUT2D eigenvalue weighted by atomic mass is 10.3. The molecule has 0 atom stereocenters. The van der Waals surface area contributed by atoms with Crippen molar-refractivity contribution in [2.45, 2.75) is 11.4 Å².